The maximum atomic E-state index is 11.4. The van der Waals surface area contributed by atoms with Gasteiger partial charge in [-0.2, -0.15) is 5.10 Å². The molecule has 3 heterocycles. The number of hydrogen-bond donors (Lipinski definition) is 3. The number of nitrogens with one attached hydrogen (secondary N) is 2. The average molecular weight is 405 g/mol. The maximum Gasteiger partial charge on any atom is 0.247 e. The van der Waals surface area contributed by atoms with Crippen molar-refractivity contribution in [2.75, 3.05) is 5.32 Å². The summed E-state index contributed by atoms with van der Waals surface area (Å²) < 4.78 is 22.9. The second kappa shape index (κ2) is 6.06. The molecule has 0 bridgehead atoms. The quantitative estimate of drug-likeness (QED) is 0.592. The summed E-state index contributed by atoms with van der Waals surface area (Å²) in [4.78, 5) is 9.09. The smallest absolute Gasteiger partial charge is 0.247 e. The molecule has 3 aromatic rings. The molecule has 4 N–H and O–H groups in total. The van der Waals surface area contributed by atoms with Crippen LogP contribution in [0.2, 0.25) is 5.02 Å². The average Bonchev–Trinajstić information content (AvgIpc) is 3.09. The lowest BCUT2D eigenvalue weighted by atomic mass is 10.3. The fraction of sp³-hybridized carbons (Fsp3) is 0.214. The molecule has 11 heteroatoms. The van der Waals surface area contributed by atoms with Crippen molar-refractivity contribution >= 4 is 44.7 Å². The number of primary sulfonamides is 1. The summed E-state index contributed by atoms with van der Waals surface area (Å²) in [5, 5.41) is 15.7. The van der Waals surface area contributed by atoms with Crippen LogP contribution >= 0.6 is 22.9 Å². The molecule has 1 aliphatic carbocycles. The monoisotopic (exact) mass is 404 g/mol. The van der Waals surface area contributed by atoms with Crippen LogP contribution in [0.3, 0.4) is 0 Å². The van der Waals surface area contributed by atoms with Gasteiger partial charge in [0, 0.05) is 23.4 Å². The van der Waals surface area contributed by atoms with Crippen LogP contribution in [-0.4, -0.2) is 28.6 Å². The Morgan fingerprint density at radius 1 is 1.40 bits per heavy atom. The Hall–Kier alpha value is -2.01. The summed E-state index contributed by atoms with van der Waals surface area (Å²) in [6.07, 6.45) is 3.80. The van der Waals surface area contributed by atoms with E-state index in [0.29, 0.717) is 33.3 Å². The topological polar surface area (TPSA) is 127 Å². The Labute approximate surface area is 158 Å². The zero-order valence-electron chi connectivity index (χ0n) is 12.7. The van der Waals surface area contributed by atoms with E-state index in [1.807, 2.05) is 6.07 Å². The highest BCUT2D eigenvalue weighted by Gasteiger charge is 2.25. The van der Waals surface area contributed by atoms with E-state index < -0.39 is 10.0 Å². The number of thiophene rings is 1. The first-order valence-corrected chi connectivity index (χ1v) is 10.1. The molecule has 3 aromatic heterocycles. The Morgan fingerprint density at radius 2 is 2.20 bits per heavy atom. The molecule has 8 nitrogen and oxygen atoms in total. The molecular formula is C14H21ClN6O2S2. The number of H-pyrrole nitrogens is 1. The maximum absolute atomic E-state index is 11.4. The molecule has 0 unspecified atom stereocenters. The number of nitrogens with two attached hydrogens (primary N) is 1. The summed E-state index contributed by atoms with van der Waals surface area (Å²) in [5.41, 5.74) is 1.52. The highest BCUT2D eigenvalue weighted by molar-refractivity contribution is 7.91. The van der Waals surface area contributed by atoms with Gasteiger partial charge in [0.2, 0.25) is 16.0 Å². The number of aromatic amines is 1. The molecule has 0 atom stereocenters. The van der Waals surface area contributed by atoms with Crippen LogP contribution in [0.5, 0.6) is 0 Å². The van der Waals surface area contributed by atoms with E-state index in [1.165, 1.54) is 25.1 Å². The van der Waals surface area contributed by atoms with E-state index >= 15 is 0 Å². The molecule has 0 radical (unpaired) electrons. The third-order valence-corrected chi connectivity index (χ3v) is 6.50. The number of nitrogens with zero attached hydrogens (tertiary/aromatic N) is 3. The first-order valence-electron chi connectivity index (χ1n) is 7.38. The van der Waals surface area contributed by atoms with Crippen molar-refractivity contribution in [1.29, 1.82) is 0 Å². The second-order valence-corrected chi connectivity index (χ2v) is 8.94. The van der Waals surface area contributed by atoms with Gasteiger partial charge in [0.25, 0.3) is 0 Å². The van der Waals surface area contributed by atoms with Crippen LogP contribution in [0.4, 0.5) is 11.8 Å². The van der Waals surface area contributed by atoms with Gasteiger partial charge < -0.3 is 5.32 Å². The molecule has 0 saturated heterocycles. The van der Waals surface area contributed by atoms with Crippen LogP contribution in [0.15, 0.2) is 28.6 Å². The SMILES string of the molecule is NS(=O)(=O)c1ccc(-c2nc(Nc3cc(C4CC4)[nH]n3)ncc2Cl)s1.[HH].[HH].[HH].[HH]. The van der Waals surface area contributed by atoms with Crippen LogP contribution in [0.1, 0.15) is 30.2 Å². The lowest BCUT2D eigenvalue weighted by Gasteiger charge is -2.04. The fourth-order valence-corrected chi connectivity index (χ4v) is 4.30. The third-order valence-electron chi connectivity index (χ3n) is 3.69. The molecule has 0 spiro atoms. The van der Waals surface area contributed by atoms with E-state index in [9.17, 15) is 8.42 Å². The zero-order chi connectivity index (χ0) is 17.6. The van der Waals surface area contributed by atoms with Gasteiger partial charge in [-0.15, -0.1) is 11.3 Å². The lowest BCUT2D eigenvalue weighted by molar-refractivity contribution is 0.600. The number of hydrogen-bond acceptors (Lipinski definition) is 7. The molecule has 0 aromatic carbocycles. The first-order chi connectivity index (χ1) is 11.9. The van der Waals surface area contributed by atoms with Gasteiger partial charge >= 0.3 is 0 Å². The Bertz CT molecular complexity index is 1060. The first kappa shape index (κ1) is 16.5. The number of halogens is 1. The Kier molecular flexibility index (Phi) is 3.99. The molecule has 1 saturated carbocycles. The summed E-state index contributed by atoms with van der Waals surface area (Å²) >= 11 is 7.16. The van der Waals surface area contributed by atoms with Crippen molar-refractivity contribution in [3.8, 4) is 10.6 Å². The highest BCUT2D eigenvalue weighted by Crippen LogP contribution is 2.39. The summed E-state index contributed by atoms with van der Waals surface area (Å²) in [7, 11) is -3.76. The van der Waals surface area contributed by atoms with E-state index in [-0.39, 0.29) is 9.92 Å². The molecule has 1 fully saturated rings. The van der Waals surface area contributed by atoms with Crippen LogP contribution in [0, 0.1) is 0 Å². The van der Waals surface area contributed by atoms with Gasteiger partial charge in [-0.3, -0.25) is 5.10 Å². The standard InChI is InChI=1S/C14H13ClN6O2S2.4H2/c15-8-6-17-14(18-11-5-9(20-21-11)7-1-2-7)19-13(8)10-3-4-12(24-10)25(16,22)23;;;;/h3-7H,1-2H2,(H2,16,22,23)(H2,17,18,19,20,21);4*1H. The van der Waals surface area contributed by atoms with Crippen LogP contribution in [-0.2, 0) is 10.0 Å². The summed E-state index contributed by atoms with van der Waals surface area (Å²) in [6, 6.07) is 4.97. The van der Waals surface area contributed by atoms with Gasteiger partial charge in [-0.1, -0.05) is 11.6 Å². The molecular weight excluding hydrogens is 384 g/mol. The minimum atomic E-state index is -3.76. The van der Waals surface area contributed by atoms with Crippen molar-refractivity contribution in [3.63, 3.8) is 0 Å². The van der Waals surface area contributed by atoms with E-state index in [0.717, 1.165) is 17.0 Å². The van der Waals surface area contributed by atoms with Crippen molar-refractivity contribution in [1.82, 2.24) is 20.2 Å². The number of anilines is 2. The van der Waals surface area contributed by atoms with Crippen molar-refractivity contribution < 1.29 is 14.1 Å². The third kappa shape index (κ3) is 3.52. The molecule has 0 amide bonds. The predicted molar refractivity (Wildman–Crippen MR) is 104 cm³/mol. The van der Waals surface area contributed by atoms with Gasteiger partial charge in [0.1, 0.15) is 9.90 Å². The fourth-order valence-electron chi connectivity index (χ4n) is 2.32. The molecule has 138 valence electrons. The Balaban J connectivity index is 0.00000196. The summed E-state index contributed by atoms with van der Waals surface area (Å²) in [5.74, 6) is 1.50. The van der Waals surface area contributed by atoms with Crippen LogP contribution in [0.25, 0.3) is 10.6 Å². The predicted octanol–water partition coefficient (Wildman–Crippen LogP) is 3.83. The van der Waals surface area contributed by atoms with Gasteiger partial charge in [0.15, 0.2) is 5.82 Å². The van der Waals surface area contributed by atoms with E-state index in [4.69, 9.17) is 16.7 Å². The number of sulfonamides is 1. The molecule has 0 aliphatic heterocycles. The van der Waals surface area contributed by atoms with Crippen molar-refractivity contribution in [2.24, 2.45) is 5.14 Å². The van der Waals surface area contributed by atoms with Gasteiger partial charge in [-0.05, 0) is 25.0 Å². The molecule has 4 rings (SSSR count). The van der Waals surface area contributed by atoms with Crippen molar-refractivity contribution in [3.05, 3.63) is 35.1 Å². The minimum absolute atomic E-state index is 0. The second-order valence-electron chi connectivity index (χ2n) is 5.66. The van der Waals surface area contributed by atoms with Gasteiger partial charge in [-0.25, -0.2) is 23.5 Å². The van der Waals surface area contributed by atoms with E-state index in [1.54, 1.807) is 6.07 Å². The lowest BCUT2D eigenvalue weighted by Crippen LogP contribution is -2.09. The Morgan fingerprint density at radius 3 is 2.88 bits per heavy atom. The largest absolute Gasteiger partial charge is 0.307 e. The van der Waals surface area contributed by atoms with Crippen molar-refractivity contribution in [2.45, 2.75) is 23.0 Å². The minimum Gasteiger partial charge on any atom is -0.307 e. The number of rotatable bonds is 5. The van der Waals surface area contributed by atoms with E-state index in [2.05, 4.69) is 25.5 Å². The summed E-state index contributed by atoms with van der Waals surface area (Å²) in [6.45, 7) is 0. The molecule has 1 aliphatic rings. The number of aromatic nitrogens is 4. The van der Waals surface area contributed by atoms with Gasteiger partial charge in [0.05, 0.1) is 16.1 Å². The zero-order valence-corrected chi connectivity index (χ0v) is 15.1. The highest BCUT2D eigenvalue weighted by atomic mass is 35.5. The van der Waals surface area contributed by atoms with Crippen LogP contribution < -0.4 is 10.5 Å². The normalized spacial score (nSPS) is 14.6. The molecule has 25 heavy (non-hydrogen) atoms.